The molecule has 0 saturated carbocycles. The molecule has 96 valence electrons. The second-order valence-electron chi connectivity index (χ2n) is 4.55. The van der Waals surface area contributed by atoms with E-state index >= 15 is 0 Å². The zero-order chi connectivity index (χ0) is 13.1. The fourth-order valence-electron chi connectivity index (χ4n) is 1.84. The van der Waals surface area contributed by atoms with Gasteiger partial charge in [-0.25, -0.2) is 0 Å². The van der Waals surface area contributed by atoms with Crippen LogP contribution in [0.25, 0.3) is 0 Å². The van der Waals surface area contributed by atoms with E-state index in [1.54, 1.807) is 0 Å². The van der Waals surface area contributed by atoms with Crippen molar-refractivity contribution in [3.05, 3.63) is 47.3 Å². The average molecular weight is 261 g/mol. The minimum atomic E-state index is 0.0875. The first-order valence-corrected chi connectivity index (χ1v) is 7.02. The second-order valence-corrected chi connectivity index (χ2v) is 5.60. The molecule has 3 nitrogen and oxygen atoms in total. The van der Waals surface area contributed by atoms with Crippen molar-refractivity contribution in [2.45, 2.75) is 30.5 Å². The third kappa shape index (κ3) is 3.15. The second kappa shape index (κ2) is 5.59. The smallest absolute Gasteiger partial charge is 0.0596 e. The third-order valence-electron chi connectivity index (χ3n) is 2.87. The predicted molar refractivity (Wildman–Crippen MR) is 76.6 cm³/mol. The van der Waals surface area contributed by atoms with Crippen molar-refractivity contribution in [1.29, 1.82) is 0 Å². The molecule has 0 spiro atoms. The van der Waals surface area contributed by atoms with Gasteiger partial charge in [-0.1, -0.05) is 12.1 Å². The van der Waals surface area contributed by atoms with Crippen LogP contribution in [0.3, 0.4) is 0 Å². The number of aromatic nitrogens is 2. The predicted octanol–water partition coefficient (Wildman–Crippen LogP) is 3.04. The van der Waals surface area contributed by atoms with Crippen LogP contribution in [0.5, 0.6) is 0 Å². The zero-order valence-corrected chi connectivity index (χ0v) is 11.9. The van der Waals surface area contributed by atoms with Gasteiger partial charge in [-0.15, -0.1) is 11.8 Å². The number of thioether (sulfide) groups is 1. The van der Waals surface area contributed by atoms with Gasteiger partial charge in [-0.05, 0) is 37.6 Å². The summed E-state index contributed by atoms with van der Waals surface area (Å²) >= 11 is 1.82. The van der Waals surface area contributed by atoms with Crippen molar-refractivity contribution in [2.75, 3.05) is 0 Å². The summed E-state index contributed by atoms with van der Waals surface area (Å²) in [5, 5.41) is 4.35. The van der Waals surface area contributed by atoms with Gasteiger partial charge in [-0.2, -0.15) is 5.10 Å². The van der Waals surface area contributed by atoms with Gasteiger partial charge < -0.3 is 5.73 Å². The monoisotopic (exact) mass is 261 g/mol. The number of hydrogen-bond acceptors (Lipinski definition) is 3. The molecule has 1 heterocycles. The maximum absolute atomic E-state index is 5.89. The van der Waals surface area contributed by atoms with E-state index in [1.807, 2.05) is 37.3 Å². The molecule has 1 unspecified atom stereocenters. The van der Waals surface area contributed by atoms with E-state index in [-0.39, 0.29) is 6.04 Å². The summed E-state index contributed by atoms with van der Waals surface area (Å²) in [6.45, 7) is 4.03. The molecule has 0 bridgehead atoms. The van der Waals surface area contributed by atoms with Crippen molar-refractivity contribution in [2.24, 2.45) is 12.8 Å². The SMILES string of the molecule is Cc1cc(CSc2cccc(C(C)N)c2)n(C)n1. The highest BCUT2D eigenvalue weighted by atomic mass is 32.2. The Kier molecular flexibility index (Phi) is 4.09. The summed E-state index contributed by atoms with van der Waals surface area (Å²) in [5.41, 5.74) is 9.38. The summed E-state index contributed by atoms with van der Waals surface area (Å²) in [7, 11) is 1.99. The maximum atomic E-state index is 5.89. The summed E-state index contributed by atoms with van der Waals surface area (Å²) < 4.78 is 1.94. The number of nitrogens with zero attached hydrogens (tertiary/aromatic N) is 2. The molecule has 0 radical (unpaired) electrons. The zero-order valence-electron chi connectivity index (χ0n) is 11.1. The molecule has 2 N–H and O–H groups in total. The Labute approximate surface area is 112 Å². The lowest BCUT2D eigenvalue weighted by molar-refractivity contribution is 0.727. The van der Waals surface area contributed by atoms with Crippen LogP contribution < -0.4 is 5.73 Å². The van der Waals surface area contributed by atoms with Gasteiger partial charge in [0, 0.05) is 29.4 Å². The van der Waals surface area contributed by atoms with Crippen LogP contribution in [-0.4, -0.2) is 9.78 Å². The van der Waals surface area contributed by atoms with Crippen molar-refractivity contribution in [1.82, 2.24) is 9.78 Å². The normalized spacial score (nSPS) is 12.7. The summed E-state index contributed by atoms with van der Waals surface area (Å²) in [6.07, 6.45) is 0. The highest BCUT2D eigenvalue weighted by Gasteiger charge is 2.04. The molecule has 0 aliphatic rings. The molecule has 0 amide bonds. The Hall–Kier alpha value is -1.26. The largest absolute Gasteiger partial charge is 0.324 e. The van der Waals surface area contributed by atoms with E-state index in [2.05, 4.69) is 35.4 Å². The number of nitrogens with two attached hydrogens (primary N) is 1. The Balaban J connectivity index is 2.06. The van der Waals surface area contributed by atoms with Crippen molar-refractivity contribution in [3.8, 4) is 0 Å². The van der Waals surface area contributed by atoms with Crippen molar-refractivity contribution < 1.29 is 0 Å². The van der Waals surface area contributed by atoms with Gasteiger partial charge >= 0.3 is 0 Å². The highest BCUT2D eigenvalue weighted by Crippen LogP contribution is 2.25. The van der Waals surface area contributed by atoms with Crippen LogP contribution in [0.1, 0.15) is 29.9 Å². The van der Waals surface area contributed by atoms with E-state index in [4.69, 9.17) is 5.73 Å². The van der Waals surface area contributed by atoms with Crippen molar-refractivity contribution in [3.63, 3.8) is 0 Å². The molecular formula is C14H19N3S. The van der Waals surface area contributed by atoms with E-state index in [9.17, 15) is 0 Å². The van der Waals surface area contributed by atoms with Crippen LogP contribution in [0.4, 0.5) is 0 Å². The molecule has 1 aromatic carbocycles. The van der Waals surface area contributed by atoms with Gasteiger partial charge in [0.25, 0.3) is 0 Å². The van der Waals surface area contributed by atoms with E-state index in [0.717, 1.165) is 11.4 Å². The maximum Gasteiger partial charge on any atom is 0.0596 e. The lowest BCUT2D eigenvalue weighted by Crippen LogP contribution is -2.04. The van der Waals surface area contributed by atoms with Gasteiger partial charge in [-0.3, -0.25) is 4.68 Å². The highest BCUT2D eigenvalue weighted by molar-refractivity contribution is 7.98. The molecule has 2 aromatic rings. The minimum absolute atomic E-state index is 0.0875. The summed E-state index contributed by atoms with van der Waals surface area (Å²) in [4.78, 5) is 1.25. The van der Waals surface area contributed by atoms with Crippen LogP contribution in [0.15, 0.2) is 35.2 Å². The Morgan fingerprint density at radius 2 is 2.17 bits per heavy atom. The topological polar surface area (TPSA) is 43.8 Å². The molecule has 1 atom stereocenters. The van der Waals surface area contributed by atoms with Crippen LogP contribution in [0, 0.1) is 6.92 Å². The van der Waals surface area contributed by atoms with Crippen LogP contribution in [-0.2, 0) is 12.8 Å². The van der Waals surface area contributed by atoms with Gasteiger partial charge in [0.15, 0.2) is 0 Å². The number of rotatable bonds is 4. The Morgan fingerprint density at radius 1 is 1.39 bits per heavy atom. The fourth-order valence-corrected chi connectivity index (χ4v) is 2.82. The first-order chi connectivity index (χ1) is 8.56. The van der Waals surface area contributed by atoms with Gasteiger partial charge in [0.05, 0.1) is 5.69 Å². The molecule has 2 rings (SSSR count). The Bertz CT molecular complexity index is 532. The van der Waals surface area contributed by atoms with Crippen molar-refractivity contribution >= 4 is 11.8 Å². The lowest BCUT2D eigenvalue weighted by atomic mass is 10.1. The molecule has 0 saturated heterocycles. The molecule has 1 aromatic heterocycles. The molecule has 0 fully saturated rings. The standard InChI is InChI=1S/C14H19N3S/c1-10-7-13(17(3)16-10)9-18-14-6-4-5-12(8-14)11(2)15/h4-8,11H,9,15H2,1-3H3. The van der Waals surface area contributed by atoms with Gasteiger partial charge in [0.1, 0.15) is 0 Å². The van der Waals surface area contributed by atoms with Crippen LogP contribution in [0.2, 0.25) is 0 Å². The minimum Gasteiger partial charge on any atom is -0.324 e. The molecule has 0 aliphatic carbocycles. The van der Waals surface area contributed by atoms with Crippen LogP contribution >= 0.6 is 11.8 Å². The molecule has 18 heavy (non-hydrogen) atoms. The number of benzene rings is 1. The average Bonchev–Trinajstić information content (AvgIpc) is 2.65. The summed E-state index contributed by atoms with van der Waals surface area (Å²) in [6, 6.07) is 10.6. The quantitative estimate of drug-likeness (QED) is 0.860. The van der Waals surface area contributed by atoms with Gasteiger partial charge in [0.2, 0.25) is 0 Å². The molecular weight excluding hydrogens is 242 g/mol. The Morgan fingerprint density at radius 3 is 2.78 bits per heavy atom. The summed E-state index contributed by atoms with van der Waals surface area (Å²) in [5.74, 6) is 0.930. The first kappa shape index (κ1) is 13.2. The molecule has 4 heteroatoms. The first-order valence-electron chi connectivity index (χ1n) is 6.04. The fraction of sp³-hybridized carbons (Fsp3) is 0.357. The van der Waals surface area contributed by atoms with E-state index < -0.39 is 0 Å². The third-order valence-corrected chi connectivity index (χ3v) is 3.90. The number of hydrogen-bond donors (Lipinski definition) is 1. The van der Waals surface area contributed by atoms with E-state index in [0.29, 0.717) is 0 Å². The molecule has 0 aliphatic heterocycles. The van der Waals surface area contributed by atoms with E-state index in [1.165, 1.54) is 16.2 Å². The lowest BCUT2D eigenvalue weighted by Gasteiger charge is -2.08. The number of aryl methyl sites for hydroxylation is 2.